The molecule has 0 radical (unpaired) electrons. The van der Waals surface area contributed by atoms with Crippen molar-refractivity contribution in [1.82, 2.24) is 9.88 Å². The van der Waals surface area contributed by atoms with Crippen LogP contribution >= 0.6 is 0 Å². The Morgan fingerprint density at radius 3 is 2.94 bits per heavy atom. The van der Waals surface area contributed by atoms with Gasteiger partial charge in [-0.25, -0.2) is 0 Å². The molecule has 0 bridgehead atoms. The van der Waals surface area contributed by atoms with E-state index in [2.05, 4.69) is 11.1 Å². The first-order valence-electron chi connectivity index (χ1n) is 6.25. The van der Waals surface area contributed by atoms with Crippen LogP contribution in [0.2, 0.25) is 0 Å². The summed E-state index contributed by atoms with van der Waals surface area (Å²) in [6.07, 6.45) is 2.91. The van der Waals surface area contributed by atoms with Crippen molar-refractivity contribution in [2.45, 2.75) is 18.9 Å². The Morgan fingerprint density at radius 1 is 1.39 bits per heavy atom. The molecule has 1 fully saturated rings. The van der Waals surface area contributed by atoms with Gasteiger partial charge in [0.25, 0.3) is 0 Å². The predicted molar refractivity (Wildman–Crippen MR) is 69.2 cm³/mol. The Hall–Kier alpha value is -1.81. The first-order chi connectivity index (χ1) is 8.74. The van der Waals surface area contributed by atoms with Gasteiger partial charge in [-0.3, -0.25) is 4.79 Å². The molecule has 4 heteroatoms. The van der Waals surface area contributed by atoms with Crippen molar-refractivity contribution < 1.29 is 9.90 Å². The normalized spacial score (nSPS) is 15.9. The third-order valence-electron chi connectivity index (χ3n) is 3.50. The van der Waals surface area contributed by atoms with Crippen LogP contribution in [0.15, 0.2) is 30.5 Å². The number of carbonyl (C=O) groups is 1. The number of H-pyrrole nitrogens is 1. The predicted octanol–water partition coefficient (Wildman–Crippen LogP) is 1.30. The Labute approximate surface area is 105 Å². The van der Waals surface area contributed by atoms with E-state index in [9.17, 15) is 4.79 Å². The summed E-state index contributed by atoms with van der Waals surface area (Å²) in [6, 6.07) is 8.11. The van der Waals surface area contributed by atoms with Gasteiger partial charge in [0.2, 0.25) is 5.91 Å². The lowest BCUT2D eigenvalue weighted by Crippen LogP contribution is -2.53. The van der Waals surface area contributed by atoms with Crippen LogP contribution in [0.25, 0.3) is 10.9 Å². The minimum Gasteiger partial charge on any atom is -0.389 e. The molecule has 3 rings (SSSR count). The summed E-state index contributed by atoms with van der Waals surface area (Å²) >= 11 is 0. The van der Waals surface area contributed by atoms with Gasteiger partial charge >= 0.3 is 0 Å². The number of hydrogen-bond acceptors (Lipinski definition) is 2. The van der Waals surface area contributed by atoms with Gasteiger partial charge in [0, 0.05) is 36.6 Å². The molecule has 1 aliphatic rings. The molecule has 1 aliphatic heterocycles. The summed E-state index contributed by atoms with van der Waals surface area (Å²) in [6.45, 7) is 0.986. The fraction of sp³-hybridized carbons (Fsp3) is 0.357. The average Bonchev–Trinajstić information content (AvgIpc) is 2.75. The number of benzene rings is 1. The number of aryl methyl sites for hydroxylation is 1. The maximum Gasteiger partial charge on any atom is 0.223 e. The van der Waals surface area contributed by atoms with Crippen molar-refractivity contribution in [2.24, 2.45) is 0 Å². The standard InChI is InChI=1S/C14H16N2O2/c17-11-8-16(9-11)14(18)6-5-10-7-15-13-4-2-1-3-12(10)13/h1-4,7,11,15,17H,5-6,8-9H2. The van der Waals surface area contributed by atoms with E-state index in [0.717, 1.165) is 11.9 Å². The molecule has 0 spiro atoms. The van der Waals surface area contributed by atoms with Gasteiger partial charge in [0.1, 0.15) is 0 Å². The zero-order valence-electron chi connectivity index (χ0n) is 10.1. The molecule has 1 aromatic heterocycles. The molecule has 1 saturated heterocycles. The number of amides is 1. The van der Waals surface area contributed by atoms with Gasteiger partial charge < -0.3 is 15.0 Å². The van der Waals surface area contributed by atoms with Gasteiger partial charge in [-0.1, -0.05) is 18.2 Å². The van der Waals surface area contributed by atoms with E-state index >= 15 is 0 Å². The van der Waals surface area contributed by atoms with Crippen molar-refractivity contribution in [3.8, 4) is 0 Å². The van der Waals surface area contributed by atoms with E-state index < -0.39 is 0 Å². The van der Waals surface area contributed by atoms with Crippen LogP contribution in [0.4, 0.5) is 0 Å². The highest BCUT2D eigenvalue weighted by Crippen LogP contribution is 2.20. The molecule has 2 N–H and O–H groups in total. The fourth-order valence-corrected chi connectivity index (χ4v) is 2.40. The summed E-state index contributed by atoms with van der Waals surface area (Å²) in [5, 5.41) is 10.4. The summed E-state index contributed by atoms with van der Waals surface area (Å²) in [7, 11) is 0. The Balaban J connectivity index is 1.64. The molecule has 0 atom stereocenters. The van der Waals surface area contributed by atoms with E-state index in [1.54, 1.807) is 4.90 Å². The van der Waals surface area contributed by atoms with Gasteiger partial charge in [-0.05, 0) is 18.1 Å². The van der Waals surface area contributed by atoms with Crippen LogP contribution in [-0.2, 0) is 11.2 Å². The summed E-state index contributed by atoms with van der Waals surface area (Å²) < 4.78 is 0. The highest BCUT2D eigenvalue weighted by Gasteiger charge is 2.28. The molecule has 0 unspecified atom stereocenters. The molecular weight excluding hydrogens is 228 g/mol. The van der Waals surface area contributed by atoms with Crippen molar-refractivity contribution in [3.05, 3.63) is 36.0 Å². The van der Waals surface area contributed by atoms with Crippen molar-refractivity contribution >= 4 is 16.8 Å². The fourth-order valence-electron chi connectivity index (χ4n) is 2.40. The Morgan fingerprint density at radius 2 is 2.17 bits per heavy atom. The van der Waals surface area contributed by atoms with E-state index in [1.807, 2.05) is 24.4 Å². The van der Waals surface area contributed by atoms with E-state index in [0.29, 0.717) is 19.5 Å². The van der Waals surface area contributed by atoms with Crippen LogP contribution in [0.1, 0.15) is 12.0 Å². The SMILES string of the molecule is O=C(CCc1c[nH]c2ccccc12)N1CC(O)C1. The van der Waals surface area contributed by atoms with Crippen LogP contribution in [0.5, 0.6) is 0 Å². The molecule has 1 aromatic carbocycles. The number of likely N-dealkylation sites (tertiary alicyclic amines) is 1. The van der Waals surface area contributed by atoms with Gasteiger partial charge in [0.15, 0.2) is 0 Å². The second-order valence-corrected chi connectivity index (χ2v) is 4.81. The number of carbonyl (C=O) groups excluding carboxylic acids is 1. The smallest absolute Gasteiger partial charge is 0.223 e. The quantitative estimate of drug-likeness (QED) is 0.855. The van der Waals surface area contributed by atoms with Crippen molar-refractivity contribution in [3.63, 3.8) is 0 Å². The van der Waals surface area contributed by atoms with E-state index in [4.69, 9.17) is 5.11 Å². The minimum atomic E-state index is -0.318. The first-order valence-corrected chi connectivity index (χ1v) is 6.25. The molecule has 18 heavy (non-hydrogen) atoms. The number of aromatic amines is 1. The van der Waals surface area contributed by atoms with E-state index in [-0.39, 0.29) is 12.0 Å². The second kappa shape index (κ2) is 4.46. The van der Waals surface area contributed by atoms with Crippen molar-refractivity contribution in [2.75, 3.05) is 13.1 Å². The number of nitrogens with zero attached hydrogens (tertiary/aromatic N) is 1. The van der Waals surface area contributed by atoms with Crippen LogP contribution in [-0.4, -0.2) is 40.1 Å². The minimum absolute atomic E-state index is 0.130. The summed E-state index contributed by atoms with van der Waals surface area (Å²) in [5.41, 5.74) is 2.29. The lowest BCUT2D eigenvalue weighted by molar-refractivity contribution is -0.141. The molecule has 2 heterocycles. The zero-order valence-corrected chi connectivity index (χ0v) is 10.1. The highest BCUT2D eigenvalue weighted by molar-refractivity contribution is 5.84. The van der Waals surface area contributed by atoms with Crippen LogP contribution in [0, 0.1) is 0 Å². The topological polar surface area (TPSA) is 56.3 Å². The molecular formula is C14H16N2O2. The van der Waals surface area contributed by atoms with Gasteiger partial charge in [0.05, 0.1) is 6.10 Å². The molecule has 0 saturated carbocycles. The Kier molecular flexibility index (Phi) is 2.80. The molecule has 4 nitrogen and oxygen atoms in total. The number of aliphatic hydroxyl groups excluding tert-OH is 1. The lowest BCUT2D eigenvalue weighted by atomic mass is 10.1. The largest absolute Gasteiger partial charge is 0.389 e. The molecule has 94 valence electrons. The third kappa shape index (κ3) is 1.99. The number of rotatable bonds is 3. The number of aromatic nitrogens is 1. The number of para-hydroxylation sites is 1. The highest BCUT2D eigenvalue weighted by atomic mass is 16.3. The summed E-state index contributed by atoms with van der Waals surface area (Å²) in [5.74, 6) is 0.130. The zero-order chi connectivity index (χ0) is 12.5. The lowest BCUT2D eigenvalue weighted by Gasteiger charge is -2.35. The van der Waals surface area contributed by atoms with E-state index in [1.165, 1.54) is 10.9 Å². The summed E-state index contributed by atoms with van der Waals surface area (Å²) in [4.78, 5) is 16.7. The second-order valence-electron chi connectivity index (χ2n) is 4.81. The van der Waals surface area contributed by atoms with Crippen LogP contribution in [0.3, 0.4) is 0 Å². The maximum atomic E-state index is 11.8. The average molecular weight is 244 g/mol. The molecule has 1 amide bonds. The Bertz CT molecular complexity index is 570. The van der Waals surface area contributed by atoms with Gasteiger partial charge in [-0.15, -0.1) is 0 Å². The first kappa shape index (κ1) is 11.3. The number of fused-ring (bicyclic) bond motifs is 1. The molecule has 2 aromatic rings. The monoisotopic (exact) mass is 244 g/mol. The molecule has 0 aliphatic carbocycles. The maximum absolute atomic E-state index is 11.8. The van der Waals surface area contributed by atoms with Crippen LogP contribution < -0.4 is 0 Å². The number of nitrogens with one attached hydrogen (secondary N) is 1. The number of β-amino-alcohol motifs (C(OH)–C–C–N with tert-alkyl or cyclic N) is 1. The number of aliphatic hydroxyl groups is 1. The van der Waals surface area contributed by atoms with Gasteiger partial charge in [-0.2, -0.15) is 0 Å². The number of hydrogen-bond donors (Lipinski definition) is 2. The van der Waals surface area contributed by atoms with Crippen molar-refractivity contribution in [1.29, 1.82) is 0 Å². The third-order valence-corrected chi connectivity index (χ3v) is 3.50.